The summed E-state index contributed by atoms with van der Waals surface area (Å²) in [6, 6.07) is 9.48. The van der Waals surface area contributed by atoms with Gasteiger partial charge in [0.05, 0.1) is 5.92 Å². The predicted molar refractivity (Wildman–Crippen MR) is 99.5 cm³/mol. The molecule has 1 aromatic carbocycles. The molecular formula is C20H27N3O3. The van der Waals surface area contributed by atoms with E-state index in [0.29, 0.717) is 45.1 Å². The molecular weight excluding hydrogens is 330 g/mol. The van der Waals surface area contributed by atoms with Crippen molar-refractivity contribution >= 4 is 23.4 Å². The van der Waals surface area contributed by atoms with Gasteiger partial charge in [0, 0.05) is 51.3 Å². The maximum absolute atomic E-state index is 12.8. The SMILES string of the molecule is CC(C)CC(=O)N1CCN(C(=O)C2CC(=O)N(c3ccccc3)C2)CC1. The fourth-order valence-electron chi connectivity index (χ4n) is 3.64. The van der Waals surface area contributed by atoms with Gasteiger partial charge in [-0.25, -0.2) is 0 Å². The number of carbonyl (C=O) groups excluding carboxylic acids is 3. The molecule has 2 heterocycles. The van der Waals surface area contributed by atoms with Crippen LogP contribution >= 0.6 is 0 Å². The molecule has 3 amide bonds. The third-order valence-corrected chi connectivity index (χ3v) is 5.07. The Hall–Kier alpha value is -2.37. The molecule has 6 nitrogen and oxygen atoms in total. The van der Waals surface area contributed by atoms with Gasteiger partial charge in [0.2, 0.25) is 17.7 Å². The maximum Gasteiger partial charge on any atom is 0.228 e. The topological polar surface area (TPSA) is 60.9 Å². The highest BCUT2D eigenvalue weighted by Gasteiger charge is 2.38. The van der Waals surface area contributed by atoms with E-state index in [4.69, 9.17) is 0 Å². The lowest BCUT2D eigenvalue weighted by atomic mass is 10.1. The number of rotatable bonds is 4. The van der Waals surface area contributed by atoms with E-state index in [9.17, 15) is 14.4 Å². The van der Waals surface area contributed by atoms with Crippen LogP contribution in [0.3, 0.4) is 0 Å². The molecule has 1 atom stereocenters. The van der Waals surface area contributed by atoms with Crippen molar-refractivity contribution in [2.24, 2.45) is 11.8 Å². The van der Waals surface area contributed by atoms with Crippen molar-refractivity contribution < 1.29 is 14.4 Å². The van der Waals surface area contributed by atoms with Gasteiger partial charge >= 0.3 is 0 Å². The second kappa shape index (κ2) is 7.89. The number of carbonyl (C=O) groups is 3. The number of benzene rings is 1. The van der Waals surface area contributed by atoms with Crippen LogP contribution in [0.2, 0.25) is 0 Å². The highest BCUT2D eigenvalue weighted by atomic mass is 16.2. The Morgan fingerprint density at radius 2 is 1.65 bits per heavy atom. The molecule has 26 heavy (non-hydrogen) atoms. The van der Waals surface area contributed by atoms with Crippen molar-refractivity contribution in [1.82, 2.24) is 9.80 Å². The zero-order valence-electron chi connectivity index (χ0n) is 15.6. The van der Waals surface area contributed by atoms with Crippen LogP contribution in [0.5, 0.6) is 0 Å². The average molecular weight is 357 g/mol. The number of para-hydroxylation sites is 1. The quantitative estimate of drug-likeness (QED) is 0.825. The zero-order valence-corrected chi connectivity index (χ0v) is 15.6. The Balaban J connectivity index is 1.55. The molecule has 0 radical (unpaired) electrons. The number of amides is 3. The third kappa shape index (κ3) is 4.06. The van der Waals surface area contributed by atoms with Gasteiger partial charge < -0.3 is 14.7 Å². The first-order chi connectivity index (χ1) is 12.5. The van der Waals surface area contributed by atoms with Gasteiger partial charge in [-0.2, -0.15) is 0 Å². The van der Waals surface area contributed by atoms with Gasteiger partial charge in [-0.05, 0) is 18.1 Å². The minimum Gasteiger partial charge on any atom is -0.339 e. The molecule has 0 saturated carbocycles. The third-order valence-electron chi connectivity index (χ3n) is 5.07. The first kappa shape index (κ1) is 18.4. The Kier molecular flexibility index (Phi) is 5.59. The molecule has 2 aliphatic rings. The van der Waals surface area contributed by atoms with E-state index in [1.807, 2.05) is 54.0 Å². The smallest absolute Gasteiger partial charge is 0.228 e. The van der Waals surface area contributed by atoms with Crippen molar-refractivity contribution in [2.75, 3.05) is 37.6 Å². The molecule has 1 unspecified atom stereocenters. The van der Waals surface area contributed by atoms with Crippen LogP contribution in [-0.2, 0) is 14.4 Å². The van der Waals surface area contributed by atoms with E-state index in [2.05, 4.69) is 0 Å². The summed E-state index contributed by atoms with van der Waals surface area (Å²) in [6.07, 6.45) is 0.817. The molecule has 1 aromatic rings. The summed E-state index contributed by atoms with van der Waals surface area (Å²) in [4.78, 5) is 42.7. The van der Waals surface area contributed by atoms with E-state index in [1.54, 1.807) is 4.90 Å². The molecule has 3 rings (SSSR count). The van der Waals surface area contributed by atoms with Gasteiger partial charge in [0.25, 0.3) is 0 Å². The summed E-state index contributed by atoms with van der Waals surface area (Å²) in [6.45, 7) is 6.78. The zero-order chi connectivity index (χ0) is 18.7. The van der Waals surface area contributed by atoms with Gasteiger partial charge in [-0.1, -0.05) is 32.0 Å². The highest BCUT2D eigenvalue weighted by molar-refractivity contribution is 6.00. The molecule has 0 aromatic heterocycles. The van der Waals surface area contributed by atoms with Crippen LogP contribution in [-0.4, -0.2) is 60.2 Å². The fourth-order valence-corrected chi connectivity index (χ4v) is 3.64. The summed E-state index contributed by atoms with van der Waals surface area (Å²) in [5.41, 5.74) is 0.844. The Morgan fingerprint density at radius 1 is 1.04 bits per heavy atom. The second-order valence-corrected chi connectivity index (χ2v) is 7.54. The van der Waals surface area contributed by atoms with Crippen LogP contribution in [0.15, 0.2) is 30.3 Å². The molecule has 0 N–H and O–H groups in total. The molecule has 2 fully saturated rings. The lowest BCUT2D eigenvalue weighted by molar-refractivity contribution is -0.142. The van der Waals surface area contributed by atoms with Crippen LogP contribution in [0.25, 0.3) is 0 Å². The molecule has 0 aliphatic carbocycles. The normalized spacial score (nSPS) is 20.8. The summed E-state index contributed by atoms with van der Waals surface area (Å²) in [5, 5.41) is 0. The standard InChI is InChI=1S/C20H27N3O3/c1-15(2)12-18(24)21-8-10-22(11-9-21)20(26)16-13-19(25)23(14-16)17-6-4-3-5-7-17/h3-7,15-16H,8-14H2,1-2H3. The number of hydrogen-bond acceptors (Lipinski definition) is 3. The molecule has 6 heteroatoms. The number of piperazine rings is 1. The summed E-state index contributed by atoms with van der Waals surface area (Å²) in [7, 11) is 0. The van der Waals surface area contributed by atoms with Crippen molar-refractivity contribution in [2.45, 2.75) is 26.7 Å². The largest absolute Gasteiger partial charge is 0.339 e. The molecule has 0 spiro atoms. The van der Waals surface area contributed by atoms with E-state index >= 15 is 0 Å². The van der Waals surface area contributed by atoms with Crippen LogP contribution in [0, 0.1) is 11.8 Å². The van der Waals surface area contributed by atoms with Crippen LogP contribution in [0.1, 0.15) is 26.7 Å². The van der Waals surface area contributed by atoms with Crippen molar-refractivity contribution in [1.29, 1.82) is 0 Å². The lowest BCUT2D eigenvalue weighted by Crippen LogP contribution is -2.52. The molecule has 2 saturated heterocycles. The number of hydrogen-bond donors (Lipinski definition) is 0. The number of anilines is 1. The van der Waals surface area contributed by atoms with Gasteiger partial charge in [-0.3, -0.25) is 14.4 Å². The predicted octanol–water partition coefficient (Wildman–Crippen LogP) is 1.76. The lowest BCUT2D eigenvalue weighted by Gasteiger charge is -2.36. The monoisotopic (exact) mass is 357 g/mol. The van der Waals surface area contributed by atoms with Crippen molar-refractivity contribution in [3.8, 4) is 0 Å². The molecule has 0 bridgehead atoms. The Labute approximate surface area is 154 Å². The van der Waals surface area contributed by atoms with Crippen LogP contribution < -0.4 is 4.90 Å². The highest BCUT2D eigenvalue weighted by Crippen LogP contribution is 2.26. The Bertz CT molecular complexity index is 666. The minimum absolute atomic E-state index is 0.000275. The van der Waals surface area contributed by atoms with Gasteiger partial charge in [0.1, 0.15) is 0 Å². The van der Waals surface area contributed by atoms with E-state index < -0.39 is 0 Å². The second-order valence-electron chi connectivity index (χ2n) is 7.54. The van der Waals surface area contributed by atoms with Crippen LogP contribution in [0.4, 0.5) is 5.69 Å². The number of nitrogens with zero attached hydrogens (tertiary/aromatic N) is 3. The first-order valence-electron chi connectivity index (χ1n) is 9.37. The Morgan fingerprint density at radius 3 is 2.27 bits per heavy atom. The average Bonchev–Trinajstić information content (AvgIpc) is 3.03. The van der Waals surface area contributed by atoms with Gasteiger partial charge in [0.15, 0.2) is 0 Å². The minimum atomic E-state index is -0.291. The van der Waals surface area contributed by atoms with E-state index in [0.717, 1.165) is 5.69 Å². The summed E-state index contributed by atoms with van der Waals surface area (Å²) in [5.74, 6) is 0.252. The van der Waals surface area contributed by atoms with Gasteiger partial charge in [-0.15, -0.1) is 0 Å². The molecule has 2 aliphatic heterocycles. The fraction of sp³-hybridized carbons (Fsp3) is 0.550. The maximum atomic E-state index is 12.8. The van der Waals surface area contributed by atoms with E-state index in [1.165, 1.54) is 0 Å². The van der Waals surface area contributed by atoms with E-state index in [-0.39, 0.29) is 30.1 Å². The van der Waals surface area contributed by atoms with Crippen molar-refractivity contribution in [3.05, 3.63) is 30.3 Å². The summed E-state index contributed by atoms with van der Waals surface area (Å²) >= 11 is 0. The van der Waals surface area contributed by atoms with Crippen molar-refractivity contribution in [3.63, 3.8) is 0 Å². The molecule has 140 valence electrons. The summed E-state index contributed by atoms with van der Waals surface area (Å²) < 4.78 is 0. The first-order valence-corrected chi connectivity index (χ1v) is 9.37.